The lowest BCUT2D eigenvalue weighted by Gasteiger charge is -2.23. The molecule has 3 aromatic rings. The number of benzene rings is 1. The highest BCUT2D eigenvalue weighted by Crippen LogP contribution is 2.27. The van der Waals surface area contributed by atoms with E-state index < -0.39 is 0 Å². The molecule has 1 unspecified atom stereocenters. The van der Waals surface area contributed by atoms with Gasteiger partial charge in [0.1, 0.15) is 11.3 Å². The van der Waals surface area contributed by atoms with Crippen LogP contribution in [0.1, 0.15) is 35.7 Å². The summed E-state index contributed by atoms with van der Waals surface area (Å²) in [6.45, 7) is 5.14. The Morgan fingerprint density at radius 1 is 1.22 bits per heavy atom. The minimum Gasteiger partial charge on any atom is -0.316 e. The van der Waals surface area contributed by atoms with Crippen LogP contribution >= 0.6 is 0 Å². The fraction of sp³-hybridized carbons (Fsp3) is 0.368. The molecule has 23 heavy (non-hydrogen) atoms. The number of aromatic nitrogens is 3. The molecule has 0 bridgehead atoms. The fourth-order valence-corrected chi connectivity index (χ4v) is 3.47. The van der Waals surface area contributed by atoms with E-state index in [1.165, 1.54) is 29.8 Å². The van der Waals surface area contributed by atoms with Crippen LogP contribution in [0.15, 0.2) is 42.6 Å². The van der Waals surface area contributed by atoms with Crippen LogP contribution in [0.4, 0.5) is 0 Å². The van der Waals surface area contributed by atoms with Gasteiger partial charge in [0, 0.05) is 18.7 Å². The number of imidazole rings is 1. The molecule has 0 radical (unpaired) electrons. The van der Waals surface area contributed by atoms with E-state index in [2.05, 4.69) is 52.1 Å². The van der Waals surface area contributed by atoms with Crippen LogP contribution in [-0.2, 0) is 6.54 Å². The number of pyridine rings is 1. The van der Waals surface area contributed by atoms with Crippen molar-refractivity contribution in [3.8, 4) is 0 Å². The molecule has 1 aromatic carbocycles. The maximum Gasteiger partial charge on any atom is 0.160 e. The van der Waals surface area contributed by atoms with E-state index in [9.17, 15) is 0 Å². The van der Waals surface area contributed by atoms with Gasteiger partial charge in [-0.1, -0.05) is 24.3 Å². The fourth-order valence-electron chi connectivity index (χ4n) is 3.47. The molecule has 0 spiro atoms. The van der Waals surface area contributed by atoms with Crippen LogP contribution in [0.2, 0.25) is 0 Å². The van der Waals surface area contributed by atoms with E-state index in [1.54, 1.807) is 0 Å². The van der Waals surface area contributed by atoms with Gasteiger partial charge in [0.25, 0.3) is 0 Å². The average molecular weight is 306 g/mol. The lowest BCUT2D eigenvalue weighted by molar-refractivity contribution is 0.437. The molecule has 4 nitrogen and oxygen atoms in total. The summed E-state index contributed by atoms with van der Waals surface area (Å²) in [5, 5.41) is 3.51. The van der Waals surface area contributed by atoms with Crippen molar-refractivity contribution in [2.75, 3.05) is 13.1 Å². The van der Waals surface area contributed by atoms with Crippen molar-refractivity contribution < 1.29 is 0 Å². The maximum absolute atomic E-state index is 4.92. The second-order valence-electron chi connectivity index (χ2n) is 6.37. The Balaban J connectivity index is 1.81. The first kappa shape index (κ1) is 14.4. The molecule has 1 atom stereocenters. The first-order valence-electron chi connectivity index (χ1n) is 8.39. The molecule has 1 N–H and O–H groups in total. The average Bonchev–Trinajstić information content (AvgIpc) is 2.96. The molecule has 2 aromatic heterocycles. The van der Waals surface area contributed by atoms with E-state index in [0.29, 0.717) is 5.92 Å². The van der Waals surface area contributed by atoms with Crippen molar-refractivity contribution in [1.82, 2.24) is 19.9 Å². The Morgan fingerprint density at radius 3 is 2.96 bits per heavy atom. The molecule has 0 aliphatic carbocycles. The van der Waals surface area contributed by atoms with Crippen molar-refractivity contribution >= 4 is 11.2 Å². The van der Waals surface area contributed by atoms with Gasteiger partial charge < -0.3 is 9.88 Å². The highest BCUT2D eigenvalue weighted by Gasteiger charge is 2.23. The summed E-state index contributed by atoms with van der Waals surface area (Å²) in [5.41, 5.74) is 4.65. The van der Waals surface area contributed by atoms with Crippen LogP contribution in [-0.4, -0.2) is 27.6 Å². The molecule has 0 saturated carbocycles. The van der Waals surface area contributed by atoms with E-state index in [4.69, 9.17) is 4.98 Å². The zero-order chi connectivity index (χ0) is 15.6. The molecule has 0 amide bonds. The Bertz CT molecular complexity index is 815. The number of piperidine rings is 1. The maximum atomic E-state index is 4.92. The van der Waals surface area contributed by atoms with Gasteiger partial charge in [0.2, 0.25) is 0 Å². The third-order valence-electron chi connectivity index (χ3n) is 4.79. The minimum absolute atomic E-state index is 0.474. The summed E-state index contributed by atoms with van der Waals surface area (Å²) in [7, 11) is 0. The van der Waals surface area contributed by atoms with Crippen molar-refractivity contribution in [3.63, 3.8) is 0 Å². The van der Waals surface area contributed by atoms with Gasteiger partial charge >= 0.3 is 0 Å². The Labute approximate surface area is 136 Å². The lowest BCUT2D eigenvalue weighted by Crippen LogP contribution is -2.30. The first-order valence-corrected chi connectivity index (χ1v) is 8.39. The summed E-state index contributed by atoms with van der Waals surface area (Å²) in [5.74, 6) is 1.65. The number of hydrogen-bond acceptors (Lipinski definition) is 3. The molecule has 4 rings (SSSR count). The molecule has 118 valence electrons. The summed E-state index contributed by atoms with van der Waals surface area (Å²) in [6.07, 6.45) is 4.27. The quantitative estimate of drug-likeness (QED) is 0.807. The SMILES string of the molecule is Cc1ccccc1Cn1c(C2CCCNC2)nc2cccnc21. The topological polar surface area (TPSA) is 42.7 Å². The zero-order valence-corrected chi connectivity index (χ0v) is 13.5. The number of hydrogen-bond donors (Lipinski definition) is 1. The van der Waals surface area contributed by atoms with Crippen LogP contribution < -0.4 is 5.32 Å². The van der Waals surface area contributed by atoms with E-state index in [-0.39, 0.29) is 0 Å². The number of rotatable bonds is 3. The largest absolute Gasteiger partial charge is 0.316 e. The van der Waals surface area contributed by atoms with E-state index >= 15 is 0 Å². The van der Waals surface area contributed by atoms with Gasteiger partial charge in [0.05, 0.1) is 6.54 Å². The molecular formula is C19H22N4. The van der Waals surface area contributed by atoms with Crippen molar-refractivity contribution in [2.24, 2.45) is 0 Å². The Morgan fingerprint density at radius 2 is 2.13 bits per heavy atom. The third-order valence-corrected chi connectivity index (χ3v) is 4.79. The molecule has 1 saturated heterocycles. The molecule has 3 heterocycles. The van der Waals surface area contributed by atoms with Crippen molar-refractivity contribution in [3.05, 3.63) is 59.5 Å². The smallest absolute Gasteiger partial charge is 0.160 e. The lowest BCUT2D eigenvalue weighted by atomic mass is 9.98. The summed E-state index contributed by atoms with van der Waals surface area (Å²) in [4.78, 5) is 9.53. The number of nitrogens with zero attached hydrogens (tertiary/aromatic N) is 3. The molecule has 4 heteroatoms. The third kappa shape index (κ3) is 2.75. The van der Waals surface area contributed by atoms with E-state index in [0.717, 1.165) is 30.8 Å². The summed E-state index contributed by atoms with van der Waals surface area (Å²) < 4.78 is 2.31. The first-order chi connectivity index (χ1) is 11.3. The molecular weight excluding hydrogens is 284 g/mol. The highest BCUT2D eigenvalue weighted by atomic mass is 15.1. The number of aryl methyl sites for hydroxylation is 1. The zero-order valence-electron chi connectivity index (χ0n) is 13.5. The van der Waals surface area contributed by atoms with Crippen molar-refractivity contribution in [2.45, 2.75) is 32.2 Å². The summed E-state index contributed by atoms with van der Waals surface area (Å²) in [6, 6.07) is 12.6. The molecule has 1 aliphatic rings. The van der Waals surface area contributed by atoms with Gasteiger partial charge in [-0.15, -0.1) is 0 Å². The molecule has 1 aliphatic heterocycles. The van der Waals surface area contributed by atoms with Gasteiger partial charge in [-0.25, -0.2) is 9.97 Å². The Kier molecular flexibility index (Phi) is 3.83. The van der Waals surface area contributed by atoms with Crippen molar-refractivity contribution in [1.29, 1.82) is 0 Å². The monoisotopic (exact) mass is 306 g/mol. The van der Waals surface area contributed by atoms with Crippen LogP contribution in [0.25, 0.3) is 11.2 Å². The highest BCUT2D eigenvalue weighted by molar-refractivity contribution is 5.71. The van der Waals surface area contributed by atoms with Crippen LogP contribution in [0.5, 0.6) is 0 Å². The normalized spacial score (nSPS) is 18.4. The standard InChI is InChI=1S/C19H22N4/c1-14-6-2-3-7-16(14)13-23-18(15-8-4-10-20-12-15)22-17-9-5-11-21-19(17)23/h2-3,5-7,9,11,15,20H,4,8,10,12-13H2,1H3. The summed E-state index contributed by atoms with van der Waals surface area (Å²) >= 11 is 0. The van der Waals surface area contributed by atoms with E-state index in [1.807, 2.05) is 12.3 Å². The van der Waals surface area contributed by atoms with Gasteiger partial charge in [-0.05, 0) is 49.6 Å². The second-order valence-corrected chi connectivity index (χ2v) is 6.37. The van der Waals surface area contributed by atoms with Gasteiger partial charge in [-0.3, -0.25) is 0 Å². The van der Waals surface area contributed by atoms with Gasteiger partial charge in [-0.2, -0.15) is 0 Å². The Hall–Kier alpha value is -2.20. The predicted octanol–water partition coefficient (Wildman–Crippen LogP) is 3.26. The number of nitrogens with one attached hydrogen (secondary N) is 1. The van der Waals surface area contributed by atoms with Crippen LogP contribution in [0.3, 0.4) is 0 Å². The van der Waals surface area contributed by atoms with Gasteiger partial charge in [0.15, 0.2) is 5.65 Å². The van der Waals surface area contributed by atoms with Crippen LogP contribution in [0, 0.1) is 6.92 Å². The minimum atomic E-state index is 0.474. The number of fused-ring (bicyclic) bond motifs is 1. The molecule has 1 fully saturated rings. The predicted molar refractivity (Wildman–Crippen MR) is 92.7 cm³/mol. The second kappa shape index (κ2) is 6.13.